The quantitative estimate of drug-likeness (QED) is 0.641. The standard InChI is InChI=1S/C26H30N4O/c31-24(18-19-8-4-5-9-19)27-21-14-16-30(17-15-21)26-22-12-6-7-13-23(22)28-25(29-26)20-10-2-1-3-11-20/h1-3,6-7,10-13,19,21H,4-5,8-9,14-18H2,(H,27,31). The van der Waals surface area contributed by atoms with E-state index in [1.807, 2.05) is 30.3 Å². The highest BCUT2D eigenvalue weighted by atomic mass is 16.1. The van der Waals surface area contributed by atoms with Gasteiger partial charge in [0.25, 0.3) is 0 Å². The fourth-order valence-corrected chi connectivity index (χ4v) is 5.02. The van der Waals surface area contributed by atoms with Crippen LogP contribution in [0.3, 0.4) is 0 Å². The van der Waals surface area contributed by atoms with Gasteiger partial charge in [-0.2, -0.15) is 0 Å². The number of carbonyl (C=O) groups excluding carboxylic acids is 1. The van der Waals surface area contributed by atoms with E-state index in [2.05, 4.69) is 34.5 Å². The summed E-state index contributed by atoms with van der Waals surface area (Å²) in [6.45, 7) is 1.78. The zero-order chi connectivity index (χ0) is 21.0. The molecule has 0 bridgehead atoms. The highest BCUT2D eigenvalue weighted by molar-refractivity contribution is 5.91. The van der Waals surface area contributed by atoms with Gasteiger partial charge in [0.2, 0.25) is 5.91 Å². The zero-order valence-corrected chi connectivity index (χ0v) is 18.0. The minimum Gasteiger partial charge on any atom is -0.356 e. The molecular weight excluding hydrogens is 384 g/mol. The van der Waals surface area contributed by atoms with Gasteiger partial charge >= 0.3 is 0 Å². The van der Waals surface area contributed by atoms with Crippen molar-refractivity contribution in [3.8, 4) is 11.4 Å². The minimum atomic E-state index is 0.240. The van der Waals surface area contributed by atoms with E-state index in [4.69, 9.17) is 9.97 Å². The van der Waals surface area contributed by atoms with Crippen molar-refractivity contribution in [1.29, 1.82) is 0 Å². The molecule has 1 aliphatic heterocycles. The first-order valence-corrected chi connectivity index (χ1v) is 11.6. The number of nitrogens with one attached hydrogen (secondary N) is 1. The van der Waals surface area contributed by atoms with Crippen molar-refractivity contribution in [2.24, 2.45) is 5.92 Å². The first-order valence-electron chi connectivity index (χ1n) is 11.6. The topological polar surface area (TPSA) is 58.1 Å². The summed E-state index contributed by atoms with van der Waals surface area (Å²) < 4.78 is 0. The summed E-state index contributed by atoms with van der Waals surface area (Å²) >= 11 is 0. The number of hydrogen-bond acceptors (Lipinski definition) is 4. The Kier molecular flexibility index (Phi) is 5.83. The Labute approximate surface area is 183 Å². The first kappa shape index (κ1) is 20.0. The Hall–Kier alpha value is -2.95. The third-order valence-corrected chi connectivity index (χ3v) is 6.72. The molecule has 0 atom stereocenters. The van der Waals surface area contributed by atoms with Gasteiger partial charge < -0.3 is 10.2 Å². The van der Waals surface area contributed by atoms with Gasteiger partial charge in [0, 0.05) is 36.5 Å². The molecule has 2 aromatic carbocycles. The molecule has 160 valence electrons. The highest BCUT2D eigenvalue weighted by Gasteiger charge is 2.25. The monoisotopic (exact) mass is 414 g/mol. The Balaban J connectivity index is 1.30. The Morgan fingerprint density at radius 2 is 1.61 bits per heavy atom. The smallest absolute Gasteiger partial charge is 0.220 e. The maximum Gasteiger partial charge on any atom is 0.220 e. The van der Waals surface area contributed by atoms with Gasteiger partial charge in [-0.25, -0.2) is 9.97 Å². The van der Waals surface area contributed by atoms with Gasteiger partial charge in [0.15, 0.2) is 5.82 Å². The Morgan fingerprint density at radius 3 is 2.39 bits per heavy atom. The summed E-state index contributed by atoms with van der Waals surface area (Å²) in [6.07, 6.45) is 7.62. The number of hydrogen-bond donors (Lipinski definition) is 1. The molecule has 2 aliphatic rings. The maximum atomic E-state index is 12.4. The normalized spacial score (nSPS) is 17.9. The van der Waals surface area contributed by atoms with E-state index in [0.29, 0.717) is 12.3 Å². The van der Waals surface area contributed by atoms with Crippen LogP contribution in [0, 0.1) is 5.92 Å². The van der Waals surface area contributed by atoms with Crippen LogP contribution < -0.4 is 10.2 Å². The van der Waals surface area contributed by atoms with Crippen molar-refractivity contribution < 1.29 is 4.79 Å². The average Bonchev–Trinajstić information content (AvgIpc) is 3.32. The van der Waals surface area contributed by atoms with Crippen LogP contribution in [-0.2, 0) is 4.79 Å². The molecule has 5 rings (SSSR count). The first-order chi connectivity index (χ1) is 15.3. The largest absolute Gasteiger partial charge is 0.356 e. The van der Waals surface area contributed by atoms with Crippen molar-refractivity contribution in [2.75, 3.05) is 18.0 Å². The molecule has 1 saturated heterocycles. The van der Waals surface area contributed by atoms with Crippen LogP contribution in [0.15, 0.2) is 54.6 Å². The molecule has 1 aliphatic carbocycles. The summed E-state index contributed by atoms with van der Waals surface area (Å²) in [4.78, 5) is 24.6. The molecule has 0 spiro atoms. The van der Waals surface area contributed by atoms with E-state index >= 15 is 0 Å². The van der Waals surface area contributed by atoms with Gasteiger partial charge in [-0.3, -0.25) is 4.79 Å². The van der Waals surface area contributed by atoms with E-state index in [9.17, 15) is 4.79 Å². The lowest BCUT2D eigenvalue weighted by atomic mass is 10.0. The summed E-state index contributed by atoms with van der Waals surface area (Å²) in [6, 6.07) is 18.7. The van der Waals surface area contributed by atoms with Crippen LogP contribution in [0.2, 0.25) is 0 Å². The lowest BCUT2D eigenvalue weighted by molar-refractivity contribution is -0.122. The molecule has 5 nitrogen and oxygen atoms in total. The van der Waals surface area contributed by atoms with E-state index in [0.717, 1.165) is 54.0 Å². The molecule has 5 heteroatoms. The molecule has 3 aromatic rings. The molecule has 31 heavy (non-hydrogen) atoms. The van der Waals surface area contributed by atoms with Crippen molar-refractivity contribution in [2.45, 2.75) is 51.0 Å². The van der Waals surface area contributed by atoms with Crippen molar-refractivity contribution in [3.63, 3.8) is 0 Å². The van der Waals surface area contributed by atoms with Crippen LogP contribution in [0.4, 0.5) is 5.82 Å². The van der Waals surface area contributed by atoms with Crippen molar-refractivity contribution in [3.05, 3.63) is 54.6 Å². The van der Waals surface area contributed by atoms with E-state index in [-0.39, 0.29) is 11.9 Å². The summed E-state index contributed by atoms with van der Waals surface area (Å²) in [5, 5.41) is 4.38. The predicted octanol–water partition coefficient (Wildman–Crippen LogP) is 4.96. The predicted molar refractivity (Wildman–Crippen MR) is 125 cm³/mol. The van der Waals surface area contributed by atoms with Gasteiger partial charge in [0.1, 0.15) is 5.82 Å². The number of benzene rings is 2. The number of anilines is 1. The Morgan fingerprint density at radius 1 is 0.903 bits per heavy atom. The number of amides is 1. The van der Waals surface area contributed by atoms with Crippen LogP contribution in [0.1, 0.15) is 44.9 Å². The van der Waals surface area contributed by atoms with Crippen molar-refractivity contribution in [1.82, 2.24) is 15.3 Å². The molecule has 1 aromatic heterocycles. The second-order valence-corrected chi connectivity index (χ2v) is 8.94. The maximum absolute atomic E-state index is 12.4. The Bertz CT molecular complexity index is 1040. The molecule has 0 unspecified atom stereocenters. The molecule has 0 radical (unpaired) electrons. The SMILES string of the molecule is O=C(CC1CCCC1)NC1CCN(c2nc(-c3ccccc3)nc3ccccc23)CC1. The number of fused-ring (bicyclic) bond motifs is 1. The lowest BCUT2D eigenvalue weighted by Crippen LogP contribution is -2.45. The third kappa shape index (κ3) is 4.55. The molecule has 1 amide bonds. The number of aromatic nitrogens is 2. The molecule has 2 heterocycles. The minimum absolute atomic E-state index is 0.240. The van der Waals surface area contributed by atoms with Gasteiger partial charge in [-0.1, -0.05) is 55.3 Å². The molecular formula is C26H30N4O. The van der Waals surface area contributed by atoms with E-state index in [1.54, 1.807) is 0 Å². The van der Waals surface area contributed by atoms with E-state index < -0.39 is 0 Å². The number of para-hydroxylation sites is 1. The summed E-state index contributed by atoms with van der Waals surface area (Å²) in [5.41, 5.74) is 2.00. The summed E-state index contributed by atoms with van der Waals surface area (Å²) in [7, 11) is 0. The van der Waals surface area contributed by atoms with E-state index in [1.165, 1.54) is 25.7 Å². The van der Waals surface area contributed by atoms with Crippen LogP contribution in [0.5, 0.6) is 0 Å². The van der Waals surface area contributed by atoms with Gasteiger partial charge in [0.05, 0.1) is 5.52 Å². The number of piperidine rings is 1. The average molecular weight is 415 g/mol. The zero-order valence-electron chi connectivity index (χ0n) is 18.0. The number of nitrogens with zero attached hydrogens (tertiary/aromatic N) is 3. The fraction of sp³-hybridized carbons (Fsp3) is 0.423. The molecule has 2 fully saturated rings. The number of rotatable bonds is 5. The van der Waals surface area contributed by atoms with Gasteiger partial charge in [-0.15, -0.1) is 0 Å². The number of carbonyl (C=O) groups is 1. The second kappa shape index (κ2) is 9.04. The van der Waals surface area contributed by atoms with Crippen LogP contribution in [0.25, 0.3) is 22.3 Å². The van der Waals surface area contributed by atoms with Gasteiger partial charge in [-0.05, 0) is 43.7 Å². The van der Waals surface area contributed by atoms with Crippen molar-refractivity contribution >= 4 is 22.6 Å². The van der Waals surface area contributed by atoms with Crippen LogP contribution >= 0.6 is 0 Å². The third-order valence-electron chi connectivity index (χ3n) is 6.72. The molecule has 1 saturated carbocycles. The fourth-order valence-electron chi connectivity index (χ4n) is 5.02. The highest BCUT2D eigenvalue weighted by Crippen LogP contribution is 2.30. The second-order valence-electron chi connectivity index (χ2n) is 8.94. The molecule has 1 N–H and O–H groups in total. The van der Waals surface area contributed by atoms with Crippen LogP contribution in [-0.4, -0.2) is 35.0 Å². The summed E-state index contributed by atoms with van der Waals surface area (Å²) in [5.74, 6) is 2.61. The lowest BCUT2D eigenvalue weighted by Gasteiger charge is -2.34.